The molecule has 2 aromatic rings. The molecule has 4 nitrogen and oxygen atoms in total. The largest absolute Gasteiger partial charge is 0.306 e. The molecule has 0 aliphatic heterocycles. The Morgan fingerprint density at radius 3 is 2.87 bits per heavy atom. The highest BCUT2D eigenvalue weighted by Gasteiger charge is 2.12. The molecule has 2 rings (SSSR count). The molecule has 0 spiro atoms. The Hall–Kier alpha value is -1.97. The standard InChI is InChI=1S/C11H10N2O2/c1-6-8-4-3-5-12-10(8)13-11(15)9(6)7(2)14/h3-5H,1-2H3,(H,12,13,15). The van der Waals surface area contributed by atoms with Gasteiger partial charge >= 0.3 is 0 Å². The van der Waals surface area contributed by atoms with Gasteiger partial charge in [-0.2, -0.15) is 0 Å². The van der Waals surface area contributed by atoms with Crippen molar-refractivity contribution in [1.82, 2.24) is 9.97 Å². The van der Waals surface area contributed by atoms with Gasteiger partial charge in [-0.15, -0.1) is 0 Å². The first kappa shape index (κ1) is 9.58. The number of aromatic amines is 1. The number of aryl methyl sites for hydroxylation is 1. The molecule has 0 amide bonds. The number of carbonyl (C=O) groups excluding carboxylic acids is 1. The molecule has 0 aromatic carbocycles. The van der Waals surface area contributed by atoms with Crippen LogP contribution in [0.25, 0.3) is 11.0 Å². The minimum Gasteiger partial charge on any atom is -0.306 e. The summed E-state index contributed by atoms with van der Waals surface area (Å²) in [6.45, 7) is 3.15. The van der Waals surface area contributed by atoms with Gasteiger partial charge in [0.05, 0.1) is 5.56 Å². The van der Waals surface area contributed by atoms with E-state index < -0.39 is 0 Å². The molecule has 0 fully saturated rings. The van der Waals surface area contributed by atoms with Gasteiger partial charge in [0.25, 0.3) is 5.56 Å². The van der Waals surface area contributed by atoms with Crippen LogP contribution in [0.4, 0.5) is 0 Å². The van der Waals surface area contributed by atoms with Crippen LogP contribution in [-0.2, 0) is 0 Å². The predicted octanol–water partition coefficient (Wildman–Crippen LogP) is 1.43. The summed E-state index contributed by atoms with van der Waals surface area (Å²) in [6.07, 6.45) is 1.60. The summed E-state index contributed by atoms with van der Waals surface area (Å²) in [5, 5.41) is 0.808. The third-order valence-corrected chi connectivity index (χ3v) is 2.40. The van der Waals surface area contributed by atoms with Gasteiger partial charge in [0.1, 0.15) is 5.65 Å². The Kier molecular flexibility index (Phi) is 2.11. The zero-order chi connectivity index (χ0) is 11.0. The van der Waals surface area contributed by atoms with Gasteiger partial charge in [-0.1, -0.05) is 0 Å². The second-order valence-corrected chi connectivity index (χ2v) is 3.41. The number of Topliss-reactive ketones (excluding diaryl/α,β-unsaturated/α-hetero) is 1. The summed E-state index contributed by atoms with van der Waals surface area (Å²) in [5.74, 6) is -0.223. The maximum Gasteiger partial charge on any atom is 0.260 e. The Morgan fingerprint density at radius 1 is 1.47 bits per heavy atom. The maximum absolute atomic E-state index is 11.6. The molecule has 15 heavy (non-hydrogen) atoms. The fraction of sp³-hybridized carbons (Fsp3) is 0.182. The van der Waals surface area contributed by atoms with Crippen LogP contribution in [0.1, 0.15) is 22.8 Å². The molecular weight excluding hydrogens is 192 g/mol. The number of fused-ring (bicyclic) bond motifs is 1. The number of nitrogens with zero attached hydrogens (tertiary/aromatic N) is 1. The molecule has 0 aliphatic carbocycles. The highest BCUT2D eigenvalue weighted by molar-refractivity contribution is 5.99. The summed E-state index contributed by atoms with van der Waals surface area (Å²) in [6, 6.07) is 3.61. The topological polar surface area (TPSA) is 62.8 Å². The van der Waals surface area contributed by atoms with Crippen molar-refractivity contribution < 1.29 is 4.79 Å². The lowest BCUT2D eigenvalue weighted by molar-refractivity contribution is 0.101. The van der Waals surface area contributed by atoms with E-state index in [1.807, 2.05) is 6.07 Å². The first-order valence-corrected chi connectivity index (χ1v) is 4.60. The lowest BCUT2D eigenvalue weighted by Crippen LogP contribution is -2.18. The molecule has 2 heterocycles. The lowest BCUT2D eigenvalue weighted by Gasteiger charge is -2.04. The van der Waals surface area contributed by atoms with Gasteiger partial charge in [0, 0.05) is 11.6 Å². The second-order valence-electron chi connectivity index (χ2n) is 3.41. The Bertz CT molecular complexity index is 599. The van der Waals surface area contributed by atoms with E-state index in [1.165, 1.54) is 6.92 Å². The van der Waals surface area contributed by atoms with E-state index in [-0.39, 0.29) is 16.9 Å². The highest BCUT2D eigenvalue weighted by atomic mass is 16.1. The first-order valence-electron chi connectivity index (χ1n) is 4.60. The van der Waals surface area contributed by atoms with Gasteiger partial charge in [-0.3, -0.25) is 9.59 Å². The molecule has 0 saturated carbocycles. The summed E-state index contributed by atoms with van der Waals surface area (Å²) in [7, 11) is 0. The number of ketones is 1. The average molecular weight is 202 g/mol. The van der Waals surface area contributed by atoms with E-state index in [4.69, 9.17) is 0 Å². The molecule has 76 valence electrons. The van der Waals surface area contributed by atoms with E-state index in [1.54, 1.807) is 19.2 Å². The van der Waals surface area contributed by atoms with Gasteiger partial charge in [0.15, 0.2) is 5.78 Å². The SMILES string of the molecule is CC(=O)c1c(C)c2cccnc2[nH]c1=O. The third kappa shape index (κ3) is 1.44. The van der Waals surface area contributed by atoms with Crippen molar-refractivity contribution in [1.29, 1.82) is 0 Å². The number of carbonyl (C=O) groups is 1. The van der Waals surface area contributed by atoms with E-state index in [9.17, 15) is 9.59 Å². The maximum atomic E-state index is 11.6. The van der Waals surface area contributed by atoms with Crippen LogP contribution in [0.15, 0.2) is 23.1 Å². The molecule has 2 aromatic heterocycles. The van der Waals surface area contributed by atoms with E-state index in [2.05, 4.69) is 9.97 Å². The van der Waals surface area contributed by atoms with Crippen LogP contribution in [0, 0.1) is 6.92 Å². The summed E-state index contributed by atoms with van der Waals surface area (Å²) in [5.41, 5.74) is 1.06. The molecule has 4 heteroatoms. The summed E-state index contributed by atoms with van der Waals surface area (Å²) >= 11 is 0. The Morgan fingerprint density at radius 2 is 2.20 bits per heavy atom. The van der Waals surface area contributed by atoms with E-state index >= 15 is 0 Å². The van der Waals surface area contributed by atoms with Crippen molar-refractivity contribution in [3.05, 3.63) is 39.8 Å². The van der Waals surface area contributed by atoms with Gasteiger partial charge in [-0.25, -0.2) is 4.98 Å². The van der Waals surface area contributed by atoms with Crippen LogP contribution in [0.3, 0.4) is 0 Å². The minimum absolute atomic E-state index is 0.218. The van der Waals surface area contributed by atoms with Gasteiger partial charge in [-0.05, 0) is 31.5 Å². The van der Waals surface area contributed by atoms with Crippen molar-refractivity contribution in [2.75, 3.05) is 0 Å². The normalized spacial score (nSPS) is 10.5. The number of rotatable bonds is 1. The quantitative estimate of drug-likeness (QED) is 0.711. The van der Waals surface area contributed by atoms with Crippen molar-refractivity contribution in [3.8, 4) is 0 Å². The van der Waals surface area contributed by atoms with Crippen molar-refractivity contribution in [3.63, 3.8) is 0 Å². The molecule has 0 unspecified atom stereocenters. The van der Waals surface area contributed by atoms with Crippen molar-refractivity contribution >= 4 is 16.8 Å². The Labute approximate surface area is 86.0 Å². The smallest absolute Gasteiger partial charge is 0.260 e. The zero-order valence-corrected chi connectivity index (χ0v) is 8.50. The van der Waals surface area contributed by atoms with Gasteiger partial charge < -0.3 is 4.98 Å². The average Bonchev–Trinajstić information content (AvgIpc) is 2.17. The summed E-state index contributed by atoms with van der Waals surface area (Å²) < 4.78 is 0. The van der Waals surface area contributed by atoms with Crippen LogP contribution in [0.5, 0.6) is 0 Å². The van der Waals surface area contributed by atoms with Gasteiger partial charge in [0.2, 0.25) is 0 Å². The number of aromatic nitrogens is 2. The van der Waals surface area contributed by atoms with E-state index in [0.29, 0.717) is 11.2 Å². The molecule has 0 atom stereocenters. The number of hydrogen-bond donors (Lipinski definition) is 1. The lowest BCUT2D eigenvalue weighted by atomic mass is 10.0. The van der Waals surface area contributed by atoms with Crippen molar-refractivity contribution in [2.24, 2.45) is 0 Å². The van der Waals surface area contributed by atoms with Crippen LogP contribution < -0.4 is 5.56 Å². The highest BCUT2D eigenvalue weighted by Crippen LogP contribution is 2.14. The molecular formula is C11H10N2O2. The Balaban J connectivity index is 2.97. The van der Waals surface area contributed by atoms with Crippen LogP contribution in [-0.4, -0.2) is 15.8 Å². The van der Waals surface area contributed by atoms with Crippen LogP contribution >= 0.6 is 0 Å². The molecule has 0 aliphatic rings. The molecule has 0 saturated heterocycles. The number of nitrogens with one attached hydrogen (secondary N) is 1. The molecule has 0 radical (unpaired) electrons. The molecule has 1 N–H and O–H groups in total. The summed E-state index contributed by atoms with van der Waals surface area (Å²) in [4.78, 5) is 29.5. The van der Waals surface area contributed by atoms with Crippen molar-refractivity contribution in [2.45, 2.75) is 13.8 Å². The number of pyridine rings is 2. The monoisotopic (exact) mass is 202 g/mol. The molecule has 0 bridgehead atoms. The predicted molar refractivity (Wildman–Crippen MR) is 57.1 cm³/mol. The number of hydrogen-bond acceptors (Lipinski definition) is 3. The van der Waals surface area contributed by atoms with E-state index in [0.717, 1.165) is 5.39 Å². The second kappa shape index (κ2) is 3.31. The fourth-order valence-electron chi connectivity index (χ4n) is 1.71. The number of H-pyrrole nitrogens is 1. The third-order valence-electron chi connectivity index (χ3n) is 2.40. The minimum atomic E-state index is -0.369. The fourth-order valence-corrected chi connectivity index (χ4v) is 1.71. The first-order chi connectivity index (χ1) is 7.11. The van der Waals surface area contributed by atoms with Crippen LogP contribution in [0.2, 0.25) is 0 Å². The zero-order valence-electron chi connectivity index (χ0n) is 8.50.